The summed E-state index contributed by atoms with van der Waals surface area (Å²) in [6, 6.07) is 0.963. The van der Waals surface area contributed by atoms with Crippen molar-refractivity contribution in [3.63, 3.8) is 0 Å². The third kappa shape index (κ3) is 6.02. The van der Waals surface area contributed by atoms with Gasteiger partial charge in [0.05, 0.1) is 26.2 Å². The zero-order valence-corrected chi connectivity index (χ0v) is 9.65. The zero-order valence-electron chi connectivity index (χ0n) is 9.65. The maximum absolute atomic E-state index is 9.75. The Morgan fingerprint density at radius 2 is 1.67 bits per heavy atom. The minimum atomic E-state index is -6.00. The lowest BCUT2D eigenvalue weighted by molar-refractivity contribution is -0.919. The molecule has 1 saturated heterocycles. The van der Waals surface area contributed by atoms with Crippen LogP contribution in [0.1, 0.15) is 33.1 Å². The Hall–Kier alpha value is -0.255. The molecule has 0 aliphatic carbocycles. The van der Waals surface area contributed by atoms with Gasteiger partial charge in [0.25, 0.3) is 0 Å². The second-order valence-corrected chi connectivity index (χ2v) is 4.22. The number of hydrogen-bond acceptors (Lipinski definition) is 0. The Bertz CT molecular complexity index is 179. The molecule has 1 heterocycles. The molecule has 0 amide bonds. The van der Waals surface area contributed by atoms with Crippen LogP contribution in [0, 0.1) is 0 Å². The molecule has 1 nitrogen and oxygen atoms in total. The molecule has 92 valence electrons. The maximum atomic E-state index is 9.75. The van der Waals surface area contributed by atoms with Gasteiger partial charge in [-0.1, -0.05) is 6.92 Å². The van der Waals surface area contributed by atoms with Gasteiger partial charge in [0.1, 0.15) is 0 Å². The number of likely N-dealkylation sites (tertiary alicyclic amines) is 1. The lowest BCUT2D eigenvalue weighted by Gasteiger charge is -2.34. The van der Waals surface area contributed by atoms with E-state index in [1.165, 1.54) is 36.8 Å². The first-order chi connectivity index (χ1) is 6.73. The van der Waals surface area contributed by atoms with E-state index in [0.717, 1.165) is 6.04 Å². The number of hydrogen-bond donors (Lipinski definition) is 0. The highest BCUT2D eigenvalue weighted by molar-refractivity contribution is 6.50. The summed E-state index contributed by atoms with van der Waals surface area (Å²) in [7, 11) is -3.60. The van der Waals surface area contributed by atoms with Crippen LogP contribution < -0.4 is 0 Å². The summed E-state index contributed by atoms with van der Waals surface area (Å²) in [4.78, 5) is 0. The van der Waals surface area contributed by atoms with Crippen LogP contribution in [-0.2, 0) is 0 Å². The van der Waals surface area contributed by atoms with E-state index in [2.05, 4.69) is 20.9 Å². The topological polar surface area (TPSA) is 0 Å². The highest BCUT2D eigenvalue weighted by Gasteiger charge is 2.34. The van der Waals surface area contributed by atoms with Crippen LogP contribution in [0.2, 0.25) is 0 Å². The van der Waals surface area contributed by atoms with Crippen LogP contribution in [0.3, 0.4) is 0 Å². The molecule has 0 bridgehead atoms. The fourth-order valence-corrected chi connectivity index (χ4v) is 2.24. The van der Waals surface area contributed by atoms with Crippen molar-refractivity contribution in [1.82, 2.24) is 0 Å². The van der Waals surface area contributed by atoms with Gasteiger partial charge in [-0.2, -0.15) is 0 Å². The molecule has 6 heteroatoms. The summed E-state index contributed by atoms with van der Waals surface area (Å²) < 4.78 is 40.3. The third-order valence-electron chi connectivity index (χ3n) is 3.28. The summed E-state index contributed by atoms with van der Waals surface area (Å²) in [5, 5.41) is 0. The van der Waals surface area contributed by atoms with Gasteiger partial charge in [0, 0.05) is 12.8 Å². The Morgan fingerprint density at radius 3 is 1.93 bits per heavy atom. The molecule has 2 atom stereocenters. The molecule has 0 radical (unpaired) electrons. The average molecular weight is 229 g/mol. The first-order valence-corrected chi connectivity index (χ1v) is 5.44. The largest absolute Gasteiger partial charge is 0.673 e. The van der Waals surface area contributed by atoms with Gasteiger partial charge in [-0.05, 0) is 13.3 Å². The van der Waals surface area contributed by atoms with Crippen molar-refractivity contribution in [3.05, 3.63) is 0 Å². The van der Waals surface area contributed by atoms with E-state index in [-0.39, 0.29) is 0 Å². The predicted octanol–water partition coefficient (Wildman–Crippen LogP) is 3.33. The predicted molar refractivity (Wildman–Crippen MR) is 55.1 cm³/mol. The average Bonchev–Trinajstić information content (AvgIpc) is 2.45. The smallest absolute Gasteiger partial charge is 0.418 e. The maximum Gasteiger partial charge on any atom is 0.673 e. The summed E-state index contributed by atoms with van der Waals surface area (Å²) in [5.74, 6) is 0. The molecule has 15 heavy (non-hydrogen) atoms. The quantitative estimate of drug-likeness (QED) is 0.387. The van der Waals surface area contributed by atoms with Crippen molar-refractivity contribution in [2.45, 2.75) is 39.2 Å². The third-order valence-corrected chi connectivity index (χ3v) is 3.28. The van der Waals surface area contributed by atoms with Crippen molar-refractivity contribution in [2.24, 2.45) is 0 Å². The number of halogens is 4. The van der Waals surface area contributed by atoms with Crippen molar-refractivity contribution in [3.8, 4) is 0 Å². The highest BCUT2D eigenvalue weighted by atomic mass is 19.5. The molecule has 0 aromatic heterocycles. The van der Waals surface area contributed by atoms with Crippen LogP contribution in [0.4, 0.5) is 17.3 Å². The van der Waals surface area contributed by atoms with E-state index in [0.29, 0.717) is 0 Å². The van der Waals surface area contributed by atoms with E-state index in [1.807, 2.05) is 0 Å². The van der Waals surface area contributed by atoms with E-state index < -0.39 is 7.25 Å². The molecule has 2 unspecified atom stereocenters. The van der Waals surface area contributed by atoms with Gasteiger partial charge in [-0.3, -0.25) is 0 Å². The van der Waals surface area contributed by atoms with Gasteiger partial charge in [-0.15, -0.1) is 0 Å². The lowest BCUT2D eigenvalue weighted by Crippen LogP contribution is -2.47. The molecule has 1 rings (SSSR count). The van der Waals surface area contributed by atoms with Gasteiger partial charge >= 0.3 is 7.25 Å². The first-order valence-electron chi connectivity index (χ1n) is 5.44. The minimum absolute atomic E-state index is 0.963. The molecule has 1 fully saturated rings. The van der Waals surface area contributed by atoms with Crippen molar-refractivity contribution in [1.29, 1.82) is 0 Å². The van der Waals surface area contributed by atoms with Crippen molar-refractivity contribution < 1.29 is 21.7 Å². The van der Waals surface area contributed by atoms with Gasteiger partial charge in [0.15, 0.2) is 0 Å². The monoisotopic (exact) mass is 229 g/mol. The summed E-state index contributed by atoms with van der Waals surface area (Å²) in [6.07, 6.45) is 4.27. The van der Waals surface area contributed by atoms with Crippen LogP contribution in [0.5, 0.6) is 0 Å². The Morgan fingerprint density at radius 1 is 1.20 bits per heavy atom. The number of quaternary nitrogens is 1. The fourth-order valence-electron chi connectivity index (χ4n) is 2.24. The van der Waals surface area contributed by atoms with E-state index in [9.17, 15) is 17.3 Å². The normalized spacial score (nSPS) is 31.0. The minimum Gasteiger partial charge on any atom is -0.418 e. The first kappa shape index (κ1) is 14.7. The molecule has 0 N–H and O–H groups in total. The fraction of sp³-hybridized carbons (Fsp3) is 1.00. The van der Waals surface area contributed by atoms with Gasteiger partial charge in [0.2, 0.25) is 0 Å². The summed E-state index contributed by atoms with van der Waals surface area (Å²) >= 11 is 0. The zero-order chi connectivity index (χ0) is 12.1. The summed E-state index contributed by atoms with van der Waals surface area (Å²) in [5.41, 5.74) is 0. The molecular weight excluding hydrogens is 209 g/mol. The standard InChI is InChI=1S/C9H20N.BF4/c1-4-9-7-6-8-10(9,3)5-2;2-1(3,4)5/h9H,4-8H2,1-3H3;/q+1;-1. The van der Waals surface area contributed by atoms with Gasteiger partial charge < -0.3 is 21.7 Å². The molecule has 0 saturated carbocycles. The van der Waals surface area contributed by atoms with Crippen LogP contribution >= 0.6 is 0 Å². The molecule has 1 aliphatic rings. The van der Waals surface area contributed by atoms with E-state index in [1.54, 1.807) is 0 Å². The molecular formula is C9H20BF4N. The number of rotatable bonds is 2. The molecule has 0 spiro atoms. The van der Waals surface area contributed by atoms with Gasteiger partial charge in [-0.25, -0.2) is 0 Å². The van der Waals surface area contributed by atoms with E-state index >= 15 is 0 Å². The van der Waals surface area contributed by atoms with Crippen LogP contribution in [-0.4, -0.2) is 37.9 Å². The Labute approximate surface area is 89.1 Å². The Kier molecular flexibility index (Phi) is 5.63. The van der Waals surface area contributed by atoms with Crippen molar-refractivity contribution >= 4 is 7.25 Å². The Balaban J connectivity index is 0.000000336. The SMILES string of the molecule is CCC1CCC[N+]1(C)CC.F[B-](F)(F)F. The van der Waals surface area contributed by atoms with E-state index in [4.69, 9.17) is 0 Å². The second kappa shape index (κ2) is 5.73. The molecule has 0 aromatic rings. The second-order valence-electron chi connectivity index (χ2n) is 4.22. The highest BCUT2D eigenvalue weighted by Crippen LogP contribution is 2.26. The lowest BCUT2D eigenvalue weighted by atomic mass is 10.1. The molecule has 1 aliphatic heterocycles. The van der Waals surface area contributed by atoms with Crippen LogP contribution in [0.15, 0.2) is 0 Å². The summed E-state index contributed by atoms with van der Waals surface area (Å²) in [6.45, 7) is 7.36. The van der Waals surface area contributed by atoms with Crippen molar-refractivity contribution in [2.75, 3.05) is 20.1 Å². The number of nitrogens with zero attached hydrogens (tertiary/aromatic N) is 1. The molecule has 0 aromatic carbocycles. The van der Waals surface area contributed by atoms with Crippen LogP contribution in [0.25, 0.3) is 0 Å².